The number of imidazole rings is 1. The van der Waals surface area contributed by atoms with Crippen LogP contribution in [0.25, 0.3) is 0 Å². The first kappa shape index (κ1) is 9.96. The fourth-order valence-electron chi connectivity index (χ4n) is 1.24. The predicted octanol–water partition coefficient (Wildman–Crippen LogP) is 2.03. The highest BCUT2D eigenvalue weighted by molar-refractivity contribution is 5.78. The van der Waals surface area contributed by atoms with Gasteiger partial charge in [0.2, 0.25) is 0 Å². The van der Waals surface area contributed by atoms with Gasteiger partial charge in [0.1, 0.15) is 0 Å². The van der Waals surface area contributed by atoms with Crippen molar-refractivity contribution < 1.29 is 4.79 Å². The minimum atomic E-state index is 0.298. The zero-order chi connectivity index (χ0) is 9.52. The molecule has 0 amide bonds. The average Bonchev–Trinajstić information content (AvgIpc) is 2.57. The van der Waals surface area contributed by atoms with E-state index in [4.69, 9.17) is 0 Å². The fourth-order valence-corrected chi connectivity index (χ4v) is 1.24. The summed E-state index contributed by atoms with van der Waals surface area (Å²) in [5, 5.41) is 0. The number of rotatable bonds is 6. The Labute approximate surface area is 78.8 Å². The van der Waals surface area contributed by atoms with Crippen LogP contribution in [0.2, 0.25) is 0 Å². The molecular weight excluding hydrogens is 164 g/mol. The lowest BCUT2D eigenvalue weighted by Gasteiger charge is -2.00. The Bertz CT molecular complexity index is 241. The smallest absolute Gasteiger partial charge is 0.152 e. The molecule has 1 aromatic heterocycles. The number of aromatic nitrogens is 2. The van der Waals surface area contributed by atoms with Crippen molar-refractivity contribution in [1.82, 2.24) is 9.55 Å². The second kappa shape index (κ2) is 5.51. The van der Waals surface area contributed by atoms with Gasteiger partial charge in [-0.1, -0.05) is 19.8 Å². The highest BCUT2D eigenvalue weighted by Gasteiger charge is 2.01. The SMILES string of the molecule is CCCCCC(=O)Cn1ccnc1. The standard InChI is InChI=1S/C10H16N2O/c1-2-3-4-5-10(13)8-12-7-6-11-9-12/h6-7,9H,2-5,8H2,1H3. The molecule has 0 saturated heterocycles. The number of hydrogen-bond acceptors (Lipinski definition) is 2. The second-order valence-corrected chi connectivity index (χ2v) is 3.23. The average molecular weight is 180 g/mol. The Morgan fingerprint density at radius 3 is 2.92 bits per heavy atom. The maximum Gasteiger partial charge on any atom is 0.152 e. The van der Waals surface area contributed by atoms with Gasteiger partial charge in [0.15, 0.2) is 5.78 Å². The first-order chi connectivity index (χ1) is 6.33. The van der Waals surface area contributed by atoms with Crippen molar-refractivity contribution >= 4 is 5.78 Å². The van der Waals surface area contributed by atoms with Crippen molar-refractivity contribution in [3.63, 3.8) is 0 Å². The number of ketones is 1. The molecule has 0 fully saturated rings. The molecule has 13 heavy (non-hydrogen) atoms. The second-order valence-electron chi connectivity index (χ2n) is 3.23. The van der Waals surface area contributed by atoms with Gasteiger partial charge in [-0.15, -0.1) is 0 Å². The van der Waals surface area contributed by atoms with Gasteiger partial charge < -0.3 is 4.57 Å². The van der Waals surface area contributed by atoms with E-state index in [1.165, 1.54) is 6.42 Å². The van der Waals surface area contributed by atoms with Gasteiger partial charge >= 0.3 is 0 Å². The van der Waals surface area contributed by atoms with Crippen LogP contribution in [0.5, 0.6) is 0 Å². The first-order valence-corrected chi connectivity index (χ1v) is 4.80. The lowest BCUT2D eigenvalue weighted by Crippen LogP contribution is -2.07. The van der Waals surface area contributed by atoms with Crippen molar-refractivity contribution in [1.29, 1.82) is 0 Å². The number of hydrogen-bond donors (Lipinski definition) is 0. The van der Waals surface area contributed by atoms with Crippen LogP contribution in [0.3, 0.4) is 0 Å². The Kier molecular flexibility index (Phi) is 4.23. The lowest BCUT2D eigenvalue weighted by molar-refractivity contribution is -0.119. The highest BCUT2D eigenvalue weighted by atomic mass is 16.1. The maximum absolute atomic E-state index is 11.3. The van der Waals surface area contributed by atoms with E-state index in [0.29, 0.717) is 18.7 Å². The summed E-state index contributed by atoms with van der Waals surface area (Å²) in [6, 6.07) is 0. The molecule has 0 radical (unpaired) electrons. The van der Waals surface area contributed by atoms with Crippen LogP contribution in [0.4, 0.5) is 0 Å². The predicted molar refractivity (Wildman–Crippen MR) is 51.4 cm³/mol. The summed E-state index contributed by atoms with van der Waals surface area (Å²) in [5.74, 6) is 0.298. The van der Waals surface area contributed by atoms with E-state index >= 15 is 0 Å². The van der Waals surface area contributed by atoms with Gasteiger partial charge in [0, 0.05) is 18.8 Å². The molecule has 0 aliphatic rings. The third kappa shape index (κ3) is 3.87. The Morgan fingerprint density at radius 1 is 1.46 bits per heavy atom. The van der Waals surface area contributed by atoms with Crippen LogP contribution < -0.4 is 0 Å². The summed E-state index contributed by atoms with van der Waals surface area (Å²) in [4.78, 5) is 15.2. The molecule has 0 saturated carbocycles. The summed E-state index contributed by atoms with van der Waals surface area (Å²) >= 11 is 0. The first-order valence-electron chi connectivity index (χ1n) is 4.80. The molecule has 0 unspecified atom stereocenters. The Balaban J connectivity index is 2.18. The molecule has 0 aliphatic heterocycles. The lowest BCUT2D eigenvalue weighted by atomic mass is 10.1. The van der Waals surface area contributed by atoms with E-state index in [1.54, 1.807) is 12.5 Å². The summed E-state index contributed by atoms with van der Waals surface area (Å²) in [5.41, 5.74) is 0. The summed E-state index contributed by atoms with van der Waals surface area (Å²) in [6.07, 6.45) is 9.22. The van der Waals surface area contributed by atoms with Crippen molar-refractivity contribution in [2.45, 2.75) is 39.2 Å². The van der Waals surface area contributed by atoms with Gasteiger partial charge in [-0.3, -0.25) is 4.79 Å². The summed E-state index contributed by atoms with van der Waals surface area (Å²) < 4.78 is 1.81. The number of carbonyl (C=O) groups is 1. The molecule has 3 heteroatoms. The molecule has 0 N–H and O–H groups in total. The van der Waals surface area contributed by atoms with Crippen LogP contribution in [0, 0.1) is 0 Å². The van der Waals surface area contributed by atoms with Crippen LogP contribution in [0.1, 0.15) is 32.6 Å². The van der Waals surface area contributed by atoms with Gasteiger partial charge in [0.25, 0.3) is 0 Å². The summed E-state index contributed by atoms with van der Waals surface area (Å²) in [7, 11) is 0. The molecule has 0 bridgehead atoms. The number of nitrogens with zero attached hydrogens (tertiary/aromatic N) is 2. The summed E-state index contributed by atoms with van der Waals surface area (Å²) in [6.45, 7) is 2.62. The van der Waals surface area contributed by atoms with Crippen LogP contribution in [0.15, 0.2) is 18.7 Å². The third-order valence-corrected chi connectivity index (χ3v) is 1.98. The van der Waals surface area contributed by atoms with Crippen molar-refractivity contribution in [2.75, 3.05) is 0 Å². The van der Waals surface area contributed by atoms with Gasteiger partial charge in [0.05, 0.1) is 12.9 Å². The molecule has 0 spiro atoms. The molecule has 0 aliphatic carbocycles. The van der Waals surface area contributed by atoms with Crippen molar-refractivity contribution in [2.24, 2.45) is 0 Å². The molecule has 0 atom stereocenters. The normalized spacial score (nSPS) is 10.2. The van der Waals surface area contributed by atoms with Crippen LogP contribution in [-0.4, -0.2) is 15.3 Å². The maximum atomic E-state index is 11.3. The number of unbranched alkanes of at least 4 members (excludes halogenated alkanes) is 2. The highest BCUT2D eigenvalue weighted by Crippen LogP contribution is 2.01. The number of Topliss-reactive ketones (excluding diaryl/α,β-unsaturated/α-hetero) is 1. The Morgan fingerprint density at radius 2 is 2.31 bits per heavy atom. The van der Waals surface area contributed by atoms with Gasteiger partial charge in [-0.2, -0.15) is 0 Å². The van der Waals surface area contributed by atoms with E-state index in [9.17, 15) is 4.79 Å². The molecule has 0 aromatic carbocycles. The van der Waals surface area contributed by atoms with E-state index in [1.807, 2.05) is 10.8 Å². The zero-order valence-electron chi connectivity index (χ0n) is 8.07. The monoisotopic (exact) mass is 180 g/mol. The zero-order valence-corrected chi connectivity index (χ0v) is 8.07. The topological polar surface area (TPSA) is 34.9 Å². The Hall–Kier alpha value is -1.12. The largest absolute Gasteiger partial charge is 0.330 e. The fraction of sp³-hybridized carbons (Fsp3) is 0.600. The molecule has 3 nitrogen and oxygen atoms in total. The minimum Gasteiger partial charge on any atom is -0.330 e. The molecule has 1 rings (SSSR count). The molecule has 1 heterocycles. The molecule has 72 valence electrons. The number of carbonyl (C=O) groups excluding carboxylic acids is 1. The van der Waals surface area contributed by atoms with Crippen molar-refractivity contribution in [3.05, 3.63) is 18.7 Å². The van der Waals surface area contributed by atoms with Gasteiger partial charge in [-0.25, -0.2) is 4.98 Å². The molecule has 1 aromatic rings. The van der Waals surface area contributed by atoms with E-state index in [-0.39, 0.29) is 0 Å². The van der Waals surface area contributed by atoms with E-state index in [2.05, 4.69) is 11.9 Å². The van der Waals surface area contributed by atoms with Gasteiger partial charge in [-0.05, 0) is 6.42 Å². The quantitative estimate of drug-likeness (QED) is 0.628. The van der Waals surface area contributed by atoms with Crippen LogP contribution in [-0.2, 0) is 11.3 Å². The third-order valence-electron chi connectivity index (χ3n) is 1.98. The van der Waals surface area contributed by atoms with Crippen molar-refractivity contribution in [3.8, 4) is 0 Å². The minimum absolute atomic E-state index is 0.298. The van der Waals surface area contributed by atoms with E-state index < -0.39 is 0 Å². The van der Waals surface area contributed by atoms with E-state index in [0.717, 1.165) is 12.8 Å². The molecular formula is C10H16N2O. The van der Waals surface area contributed by atoms with Crippen LogP contribution >= 0.6 is 0 Å².